The Bertz CT molecular complexity index is 1350. The Balaban J connectivity index is 1.99. The molecule has 0 aromatic heterocycles. The highest BCUT2D eigenvalue weighted by Gasteiger charge is 2.41. The number of rotatable bonds is 9. The highest BCUT2D eigenvalue weighted by atomic mass is 28.4. The maximum atomic E-state index is 13.9. The number of carbonyl (C=O) groups excluding carboxylic acids is 3. The maximum absolute atomic E-state index is 13.9. The number of allylic oxidation sites excluding steroid dienone is 2. The SMILES string of the molecule is C=CCOC(=O)/C=C/CC1C[C@@H](O[Si](C)(C)C(C)(C)C)[C@@H](C)C/C=C/Cc2cccc(OC(=O)c3ccccc3)c2C(=O)O1. The van der Waals surface area contributed by atoms with E-state index in [-0.39, 0.29) is 41.4 Å². The van der Waals surface area contributed by atoms with Crippen LogP contribution in [0.1, 0.15) is 73.2 Å². The molecule has 0 bridgehead atoms. The van der Waals surface area contributed by atoms with Gasteiger partial charge in [-0.15, -0.1) is 0 Å². The monoisotopic (exact) mass is 618 g/mol. The predicted octanol–water partition coefficient (Wildman–Crippen LogP) is 8.03. The van der Waals surface area contributed by atoms with E-state index < -0.39 is 32.3 Å². The van der Waals surface area contributed by atoms with E-state index in [2.05, 4.69) is 53.4 Å². The third kappa shape index (κ3) is 9.89. The molecule has 1 heterocycles. The first-order valence-corrected chi connectivity index (χ1v) is 18.1. The summed E-state index contributed by atoms with van der Waals surface area (Å²) in [7, 11) is -2.18. The van der Waals surface area contributed by atoms with Crippen LogP contribution in [-0.4, -0.2) is 45.0 Å². The summed E-state index contributed by atoms with van der Waals surface area (Å²) in [4.78, 5) is 39.0. The fourth-order valence-electron chi connectivity index (χ4n) is 4.59. The summed E-state index contributed by atoms with van der Waals surface area (Å²) in [5, 5.41) is -0.0102. The molecule has 236 valence electrons. The fourth-order valence-corrected chi connectivity index (χ4v) is 6.03. The van der Waals surface area contributed by atoms with Gasteiger partial charge in [-0.2, -0.15) is 0 Å². The van der Waals surface area contributed by atoms with E-state index in [1.807, 2.05) is 18.2 Å². The van der Waals surface area contributed by atoms with Crippen LogP contribution in [0, 0.1) is 5.92 Å². The van der Waals surface area contributed by atoms with E-state index in [1.54, 1.807) is 42.5 Å². The first-order chi connectivity index (χ1) is 20.8. The van der Waals surface area contributed by atoms with Gasteiger partial charge in [-0.05, 0) is 60.7 Å². The molecular weight excluding hydrogens is 572 g/mol. The molecule has 0 fully saturated rings. The molecule has 7 nitrogen and oxygen atoms in total. The lowest BCUT2D eigenvalue weighted by atomic mass is 9.93. The molecule has 3 atom stereocenters. The minimum absolute atomic E-state index is 0.0102. The van der Waals surface area contributed by atoms with Crippen molar-refractivity contribution in [1.29, 1.82) is 0 Å². The van der Waals surface area contributed by atoms with Gasteiger partial charge >= 0.3 is 17.9 Å². The van der Waals surface area contributed by atoms with Crippen molar-refractivity contribution in [2.75, 3.05) is 6.61 Å². The lowest BCUT2D eigenvalue weighted by Crippen LogP contribution is -2.46. The Labute approximate surface area is 263 Å². The van der Waals surface area contributed by atoms with Gasteiger partial charge in [-0.3, -0.25) is 0 Å². The molecule has 1 unspecified atom stereocenters. The van der Waals surface area contributed by atoms with Crippen LogP contribution >= 0.6 is 0 Å². The normalized spacial score (nSPS) is 20.4. The third-order valence-corrected chi connectivity index (χ3v) is 12.7. The van der Waals surface area contributed by atoms with E-state index in [0.717, 1.165) is 6.42 Å². The number of benzene rings is 2. The zero-order chi connectivity index (χ0) is 32.3. The van der Waals surface area contributed by atoms with Gasteiger partial charge in [0.05, 0.1) is 11.7 Å². The minimum Gasteiger partial charge on any atom is -0.458 e. The van der Waals surface area contributed by atoms with Crippen molar-refractivity contribution in [3.63, 3.8) is 0 Å². The van der Waals surface area contributed by atoms with Crippen LogP contribution < -0.4 is 4.74 Å². The van der Waals surface area contributed by atoms with Gasteiger partial charge in [0.2, 0.25) is 0 Å². The van der Waals surface area contributed by atoms with Crippen LogP contribution in [0.2, 0.25) is 18.1 Å². The number of ether oxygens (including phenoxy) is 3. The summed E-state index contributed by atoms with van der Waals surface area (Å²) in [5.41, 5.74) is 1.27. The zero-order valence-electron chi connectivity index (χ0n) is 26.8. The van der Waals surface area contributed by atoms with Crippen LogP contribution in [0.15, 0.2) is 85.5 Å². The van der Waals surface area contributed by atoms with Crippen LogP contribution in [0.5, 0.6) is 5.75 Å². The number of hydrogen-bond donors (Lipinski definition) is 0. The van der Waals surface area contributed by atoms with E-state index >= 15 is 0 Å². The third-order valence-electron chi connectivity index (χ3n) is 8.19. The molecule has 0 aliphatic carbocycles. The second-order valence-electron chi connectivity index (χ2n) is 12.7. The molecule has 44 heavy (non-hydrogen) atoms. The first-order valence-electron chi connectivity index (χ1n) is 15.2. The molecule has 0 saturated carbocycles. The molecule has 0 N–H and O–H groups in total. The van der Waals surface area contributed by atoms with E-state index in [0.29, 0.717) is 24.0 Å². The number of fused-ring (bicyclic) bond motifs is 1. The number of esters is 3. The van der Waals surface area contributed by atoms with Gasteiger partial charge in [0.1, 0.15) is 24.0 Å². The van der Waals surface area contributed by atoms with Crippen molar-refractivity contribution < 1.29 is 33.0 Å². The van der Waals surface area contributed by atoms with Gasteiger partial charge < -0.3 is 18.6 Å². The fraction of sp³-hybridized carbons (Fsp3) is 0.417. The zero-order valence-corrected chi connectivity index (χ0v) is 27.8. The highest BCUT2D eigenvalue weighted by Crippen LogP contribution is 2.39. The maximum Gasteiger partial charge on any atom is 0.343 e. The average molecular weight is 619 g/mol. The number of hydrogen-bond acceptors (Lipinski definition) is 7. The molecule has 0 amide bonds. The molecule has 0 radical (unpaired) electrons. The average Bonchev–Trinajstić information content (AvgIpc) is 2.97. The Hall–Kier alpha value is -3.75. The first kappa shape index (κ1) is 34.7. The van der Waals surface area contributed by atoms with Crippen LogP contribution in [0.3, 0.4) is 0 Å². The quantitative estimate of drug-likeness (QED) is 0.0924. The number of cyclic esters (lactones) is 1. The molecule has 8 heteroatoms. The predicted molar refractivity (Wildman–Crippen MR) is 175 cm³/mol. The van der Waals surface area contributed by atoms with Crippen LogP contribution in [0.25, 0.3) is 0 Å². The van der Waals surface area contributed by atoms with E-state index in [9.17, 15) is 14.4 Å². The van der Waals surface area contributed by atoms with Crippen molar-refractivity contribution >= 4 is 26.2 Å². The van der Waals surface area contributed by atoms with Gasteiger partial charge in [0, 0.05) is 18.9 Å². The smallest absolute Gasteiger partial charge is 0.343 e. The summed E-state index contributed by atoms with van der Waals surface area (Å²) >= 11 is 0. The lowest BCUT2D eigenvalue weighted by Gasteiger charge is -2.41. The molecule has 0 saturated heterocycles. The van der Waals surface area contributed by atoms with Crippen molar-refractivity contribution in [2.45, 2.75) is 83.7 Å². The minimum atomic E-state index is -2.18. The molecular formula is C36H46O7Si. The molecule has 1 aliphatic heterocycles. The van der Waals surface area contributed by atoms with Crippen molar-refractivity contribution in [1.82, 2.24) is 0 Å². The Morgan fingerprint density at radius 2 is 1.80 bits per heavy atom. The van der Waals surface area contributed by atoms with Crippen molar-refractivity contribution in [2.24, 2.45) is 5.92 Å². The molecule has 2 aromatic rings. The Morgan fingerprint density at radius 1 is 1.07 bits per heavy atom. The molecule has 0 spiro atoms. The standard InChI is InChI=1S/C36H46O7Si/c1-8-24-40-32(37)23-15-21-29-25-31(43-44(6,7)36(3,4)5)26(2)16-12-13-17-27-20-14-22-30(33(27)35(39)41-29)42-34(38)28-18-10-9-11-19-28/h8-15,18-20,22-23,26,29,31H,1,16-17,21,24-25H2,2-7H3/b13-12+,23-15+/t26-,29?,31+/m0/s1. The largest absolute Gasteiger partial charge is 0.458 e. The highest BCUT2D eigenvalue weighted by molar-refractivity contribution is 6.74. The summed E-state index contributed by atoms with van der Waals surface area (Å²) in [5.74, 6) is -1.38. The van der Waals surface area contributed by atoms with Crippen LogP contribution in [0.4, 0.5) is 0 Å². The summed E-state index contributed by atoms with van der Waals surface area (Å²) in [6.07, 6.45) is 9.79. The second kappa shape index (κ2) is 15.8. The van der Waals surface area contributed by atoms with Gasteiger partial charge in [-0.1, -0.05) is 88.9 Å². The molecule has 3 rings (SSSR count). The van der Waals surface area contributed by atoms with Gasteiger partial charge in [0.25, 0.3) is 0 Å². The molecule has 2 aromatic carbocycles. The van der Waals surface area contributed by atoms with Crippen molar-refractivity contribution in [3.8, 4) is 5.75 Å². The van der Waals surface area contributed by atoms with Crippen molar-refractivity contribution in [3.05, 3.63) is 102 Å². The second-order valence-corrected chi connectivity index (χ2v) is 17.4. The van der Waals surface area contributed by atoms with Gasteiger partial charge in [0.15, 0.2) is 8.32 Å². The van der Waals surface area contributed by atoms with E-state index in [1.165, 1.54) is 12.2 Å². The lowest BCUT2D eigenvalue weighted by molar-refractivity contribution is -0.136. The van der Waals surface area contributed by atoms with Gasteiger partial charge in [-0.25, -0.2) is 14.4 Å². The Morgan fingerprint density at radius 3 is 2.48 bits per heavy atom. The Kier molecular flexibility index (Phi) is 12.5. The topological polar surface area (TPSA) is 88.1 Å². The summed E-state index contributed by atoms with van der Waals surface area (Å²) < 4.78 is 23.9. The molecule has 1 aliphatic rings. The van der Waals surface area contributed by atoms with E-state index in [4.69, 9.17) is 18.6 Å². The summed E-state index contributed by atoms with van der Waals surface area (Å²) in [6, 6.07) is 13.8. The summed E-state index contributed by atoms with van der Waals surface area (Å²) in [6.45, 7) is 16.8. The van der Waals surface area contributed by atoms with Crippen LogP contribution in [-0.2, 0) is 25.1 Å². The number of carbonyl (C=O) groups is 3.